The van der Waals surface area contributed by atoms with Crippen LogP contribution < -0.4 is 10.5 Å². The summed E-state index contributed by atoms with van der Waals surface area (Å²) in [6.07, 6.45) is 2.84. The Balaban J connectivity index is 2.22. The fourth-order valence-corrected chi connectivity index (χ4v) is 2.13. The summed E-state index contributed by atoms with van der Waals surface area (Å²) in [7, 11) is 0. The first kappa shape index (κ1) is 11.0. The molecule has 16 heavy (non-hydrogen) atoms. The molecule has 2 atom stereocenters. The van der Waals surface area contributed by atoms with Crippen molar-refractivity contribution in [2.24, 2.45) is 5.73 Å². The van der Waals surface area contributed by atoms with Crippen LogP contribution >= 0.6 is 0 Å². The molecule has 1 aromatic carbocycles. The summed E-state index contributed by atoms with van der Waals surface area (Å²) in [6.45, 7) is 1.74. The van der Waals surface area contributed by atoms with Crippen LogP contribution in [0.1, 0.15) is 36.9 Å². The fraction of sp³-hybridized carbons (Fsp3) is 0.462. The Morgan fingerprint density at radius 1 is 1.56 bits per heavy atom. The van der Waals surface area contributed by atoms with Crippen molar-refractivity contribution in [1.29, 1.82) is 5.26 Å². The zero-order valence-corrected chi connectivity index (χ0v) is 9.44. The van der Waals surface area contributed by atoms with Gasteiger partial charge in [0.2, 0.25) is 0 Å². The van der Waals surface area contributed by atoms with Crippen molar-refractivity contribution >= 4 is 0 Å². The second-order valence-electron chi connectivity index (χ2n) is 4.25. The van der Waals surface area contributed by atoms with Crippen molar-refractivity contribution in [2.75, 3.05) is 0 Å². The van der Waals surface area contributed by atoms with Gasteiger partial charge in [0.1, 0.15) is 11.8 Å². The van der Waals surface area contributed by atoms with E-state index in [0.717, 1.165) is 25.0 Å². The molecule has 0 amide bonds. The van der Waals surface area contributed by atoms with Gasteiger partial charge in [-0.15, -0.1) is 0 Å². The lowest BCUT2D eigenvalue weighted by atomic mass is 9.88. The molecule has 0 saturated heterocycles. The second kappa shape index (κ2) is 4.54. The Morgan fingerprint density at radius 3 is 3.12 bits per heavy atom. The number of rotatable bonds is 2. The summed E-state index contributed by atoms with van der Waals surface area (Å²) in [5.41, 5.74) is 8.52. The maximum Gasteiger partial charge on any atom is 0.181 e. The smallest absolute Gasteiger partial charge is 0.181 e. The Bertz CT molecular complexity index is 422. The van der Waals surface area contributed by atoms with Crippen LogP contribution in [0.15, 0.2) is 18.2 Å². The van der Waals surface area contributed by atoms with Crippen LogP contribution in [-0.4, -0.2) is 6.10 Å². The highest BCUT2D eigenvalue weighted by atomic mass is 16.5. The lowest BCUT2D eigenvalue weighted by molar-refractivity contribution is 0.276. The minimum absolute atomic E-state index is 0.159. The molecule has 2 unspecified atom stereocenters. The zero-order chi connectivity index (χ0) is 11.5. The van der Waals surface area contributed by atoms with Crippen molar-refractivity contribution in [3.63, 3.8) is 0 Å². The molecule has 0 fully saturated rings. The van der Waals surface area contributed by atoms with Gasteiger partial charge in [0.15, 0.2) is 6.10 Å². The lowest BCUT2D eigenvalue weighted by Gasteiger charge is -2.22. The van der Waals surface area contributed by atoms with Crippen molar-refractivity contribution in [2.45, 2.75) is 38.3 Å². The quantitative estimate of drug-likeness (QED) is 0.825. The number of hydrogen-bond acceptors (Lipinski definition) is 3. The van der Waals surface area contributed by atoms with Crippen molar-refractivity contribution < 1.29 is 4.74 Å². The third-order valence-corrected chi connectivity index (χ3v) is 2.97. The number of benzene rings is 1. The van der Waals surface area contributed by atoms with E-state index in [1.54, 1.807) is 6.92 Å². The maximum atomic E-state index is 8.68. The minimum atomic E-state index is -0.407. The van der Waals surface area contributed by atoms with Gasteiger partial charge >= 0.3 is 0 Å². The topological polar surface area (TPSA) is 59.0 Å². The summed E-state index contributed by atoms with van der Waals surface area (Å²) in [6, 6.07) is 8.16. The van der Waals surface area contributed by atoms with Gasteiger partial charge in [0, 0.05) is 6.04 Å². The van der Waals surface area contributed by atoms with Gasteiger partial charge in [-0.05, 0) is 49.4 Å². The molecule has 2 rings (SSSR count). The molecule has 1 aromatic rings. The summed E-state index contributed by atoms with van der Waals surface area (Å²) in [5, 5.41) is 8.68. The van der Waals surface area contributed by atoms with Crippen molar-refractivity contribution in [1.82, 2.24) is 0 Å². The maximum absolute atomic E-state index is 8.68. The van der Waals surface area contributed by atoms with Gasteiger partial charge in [0.25, 0.3) is 0 Å². The third-order valence-electron chi connectivity index (χ3n) is 2.97. The third kappa shape index (κ3) is 2.17. The summed E-state index contributed by atoms with van der Waals surface area (Å²) >= 11 is 0. The predicted molar refractivity (Wildman–Crippen MR) is 62.0 cm³/mol. The van der Waals surface area contributed by atoms with E-state index in [4.69, 9.17) is 15.7 Å². The summed E-state index contributed by atoms with van der Waals surface area (Å²) in [5.74, 6) is 0.766. The molecular weight excluding hydrogens is 200 g/mol. The number of aryl methyl sites for hydroxylation is 1. The molecule has 3 nitrogen and oxygen atoms in total. The number of ether oxygens (including phenoxy) is 1. The highest BCUT2D eigenvalue weighted by Crippen LogP contribution is 2.30. The number of fused-ring (bicyclic) bond motifs is 1. The van der Waals surface area contributed by atoms with Gasteiger partial charge in [-0.2, -0.15) is 5.26 Å². The first-order valence-corrected chi connectivity index (χ1v) is 5.65. The van der Waals surface area contributed by atoms with Gasteiger partial charge in [-0.25, -0.2) is 0 Å². The molecule has 0 radical (unpaired) electrons. The van der Waals surface area contributed by atoms with Crippen LogP contribution in [0.4, 0.5) is 0 Å². The Kier molecular flexibility index (Phi) is 3.12. The predicted octanol–water partition coefficient (Wildman–Crippen LogP) is 2.31. The lowest BCUT2D eigenvalue weighted by Crippen LogP contribution is -2.17. The number of hydrogen-bond donors (Lipinski definition) is 1. The average Bonchev–Trinajstić information content (AvgIpc) is 2.29. The van der Waals surface area contributed by atoms with E-state index >= 15 is 0 Å². The Hall–Kier alpha value is -1.53. The average molecular weight is 216 g/mol. The highest BCUT2D eigenvalue weighted by Gasteiger charge is 2.17. The Morgan fingerprint density at radius 2 is 2.38 bits per heavy atom. The second-order valence-corrected chi connectivity index (χ2v) is 4.25. The molecular formula is C13H16N2O. The largest absolute Gasteiger partial charge is 0.476 e. The van der Waals surface area contributed by atoms with E-state index in [9.17, 15) is 0 Å². The molecule has 0 aromatic heterocycles. The zero-order valence-electron chi connectivity index (χ0n) is 9.44. The van der Waals surface area contributed by atoms with Crippen LogP contribution in [0.2, 0.25) is 0 Å². The monoisotopic (exact) mass is 216 g/mol. The van der Waals surface area contributed by atoms with E-state index < -0.39 is 6.10 Å². The number of nitrogens with two attached hydrogens (primary N) is 1. The molecule has 0 aliphatic heterocycles. The van der Waals surface area contributed by atoms with Gasteiger partial charge in [0.05, 0.1) is 0 Å². The minimum Gasteiger partial charge on any atom is -0.476 e. The van der Waals surface area contributed by atoms with Crippen LogP contribution in [0.3, 0.4) is 0 Å². The van der Waals surface area contributed by atoms with Gasteiger partial charge in [-0.1, -0.05) is 6.07 Å². The standard InChI is InChI=1S/C13H16N2O/c1-9(8-14)16-11-5-6-12-10(7-11)3-2-4-13(12)15/h5-7,9,13H,2-4,15H2,1H3. The number of nitriles is 1. The molecule has 0 spiro atoms. The first-order valence-electron chi connectivity index (χ1n) is 5.65. The molecule has 0 saturated carbocycles. The van der Waals surface area contributed by atoms with Crippen LogP contribution in [0.25, 0.3) is 0 Å². The van der Waals surface area contributed by atoms with E-state index in [0.29, 0.717) is 0 Å². The molecule has 84 valence electrons. The van der Waals surface area contributed by atoms with Crippen LogP contribution in [0, 0.1) is 11.3 Å². The van der Waals surface area contributed by atoms with E-state index in [-0.39, 0.29) is 6.04 Å². The highest BCUT2D eigenvalue weighted by molar-refractivity contribution is 5.39. The van der Waals surface area contributed by atoms with Gasteiger partial charge in [-0.3, -0.25) is 0 Å². The summed E-state index contributed by atoms with van der Waals surface area (Å²) in [4.78, 5) is 0. The molecule has 0 heterocycles. The fourth-order valence-electron chi connectivity index (χ4n) is 2.13. The summed E-state index contributed by atoms with van der Waals surface area (Å²) < 4.78 is 5.46. The first-order chi connectivity index (χ1) is 7.70. The SMILES string of the molecule is CC(C#N)Oc1ccc2c(c1)CCCC2N. The molecule has 3 heteroatoms. The van der Waals surface area contributed by atoms with E-state index in [1.807, 2.05) is 18.2 Å². The van der Waals surface area contributed by atoms with E-state index in [1.165, 1.54) is 11.1 Å². The number of nitrogens with zero attached hydrogens (tertiary/aromatic N) is 1. The molecule has 0 bridgehead atoms. The molecule has 1 aliphatic carbocycles. The van der Waals surface area contributed by atoms with Crippen molar-refractivity contribution in [3.05, 3.63) is 29.3 Å². The molecule has 1 aliphatic rings. The van der Waals surface area contributed by atoms with Crippen molar-refractivity contribution in [3.8, 4) is 11.8 Å². The van der Waals surface area contributed by atoms with Crippen LogP contribution in [0.5, 0.6) is 5.75 Å². The van der Waals surface area contributed by atoms with Crippen LogP contribution in [-0.2, 0) is 6.42 Å². The van der Waals surface area contributed by atoms with E-state index in [2.05, 4.69) is 6.07 Å². The Labute approximate surface area is 95.8 Å². The molecule has 2 N–H and O–H groups in total. The normalized spacial score (nSPS) is 20.7. The van der Waals surface area contributed by atoms with Gasteiger partial charge < -0.3 is 10.5 Å².